The molecule has 0 fully saturated rings. The van der Waals surface area contributed by atoms with Crippen LogP contribution in [0.2, 0.25) is 0 Å². The second-order valence-corrected chi connectivity index (χ2v) is 9.59. The smallest absolute Gasteiger partial charge is 0.338 e. The fourth-order valence-corrected chi connectivity index (χ4v) is 4.33. The first-order valence-corrected chi connectivity index (χ1v) is 12.9. The topological polar surface area (TPSA) is 105 Å². The van der Waals surface area contributed by atoms with Crippen LogP contribution in [0, 0.1) is 13.8 Å². The number of benzene rings is 3. The van der Waals surface area contributed by atoms with E-state index in [1.165, 1.54) is 24.3 Å². The Kier molecular flexibility index (Phi) is 8.46. The summed E-state index contributed by atoms with van der Waals surface area (Å²) in [5, 5.41) is 5.48. The van der Waals surface area contributed by atoms with E-state index < -0.39 is 17.8 Å². The molecule has 2 N–H and O–H groups in total. The number of ether oxygens (including phenoxy) is 1. The lowest BCUT2D eigenvalue weighted by molar-refractivity contribution is -0.120. The van der Waals surface area contributed by atoms with E-state index in [-0.39, 0.29) is 22.3 Å². The Labute approximate surface area is 231 Å². The van der Waals surface area contributed by atoms with E-state index in [9.17, 15) is 19.2 Å². The average molecular weight is 546 g/mol. The molecule has 1 heterocycles. The van der Waals surface area contributed by atoms with Gasteiger partial charge in [0, 0.05) is 16.9 Å². The highest BCUT2D eigenvalue weighted by Crippen LogP contribution is 2.30. The Bertz CT molecular complexity index is 1460. The van der Waals surface area contributed by atoms with Gasteiger partial charge < -0.3 is 15.4 Å². The van der Waals surface area contributed by atoms with Crippen molar-refractivity contribution in [3.05, 3.63) is 99.7 Å². The summed E-state index contributed by atoms with van der Waals surface area (Å²) < 4.78 is 5.19. The van der Waals surface area contributed by atoms with Crippen molar-refractivity contribution in [2.75, 3.05) is 22.1 Å². The number of carbonyl (C=O) groups excluding carboxylic acids is 4. The van der Waals surface area contributed by atoms with Crippen molar-refractivity contribution in [2.24, 2.45) is 0 Å². The van der Waals surface area contributed by atoms with Gasteiger partial charge in [0.15, 0.2) is 0 Å². The molecule has 0 aliphatic carbocycles. The number of hydrogen-bond acceptors (Lipinski definition) is 6. The molecule has 200 valence electrons. The maximum Gasteiger partial charge on any atom is 0.338 e. The molecule has 0 radical (unpaired) electrons. The molecule has 39 heavy (non-hydrogen) atoms. The summed E-state index contributed by atoms with van der Waals surface area (Å²) in [5.41, 5.74) is 3.94. The van der Waals surface area contributed by atoms with Gasteiger partial charge in [-0.2, -0.15) is 0 Å². The molecule has 1 aliphatic rings. The van der Waals surface area contributed by atoms with Gasteiger partial charge >= 0.3 is 5.97 Å². The standard InChI is InChI=1S/C30H28ClN3O5/c1-4-5-13-39-30(38)20-9-11-24(12-10-20)34-28(36)25(31)26(29(34)37)32-22-8-6-7-21(17-22)27(35)33-23-15-18(2)14-19(3)16-23/h6-12,14-17,32H,4-5,13H2,1-3H3,(H,33,35). The first-order chi connectivity index (χ1) is 18.7. The molecule has 0 bridgehead atoms. The van der Waals surface area contributed by atoms with Crippen molar-refractivity contribution in [1.29, 1.82) is 0 Å². The molecule has 1 aliphatic heterocycles. The number of amides is 3. The van der Waals surface area contributed by atoms with E-state index in [1.54, 1.807) is 24.3 Å². The lowest BCUT2D eigenvalue weighted by Gasteiger charge is -2.15. The minimum absolute atomic E-state index is 0.114. The van der Waals surface area contributed by atoms with Gasteiger partial charge in [0.25, 0.3) is 17.7 Å². The summed E-state index contributed by atoms with van der Waals surface area (Å²) in [6.07, 6.45) is 1.67. The third-order valence-electron chi connectivity index (χ3n) is 5.99. The minimum Gasteiger partial charge on any atom is -0.462 e. The summed E-state index contributed by atoms with van der Waals surface area (Å²) in [5.74, 6) is -2.17. The van der Waals surface area contributed by atoms with Crippen molar-refractivity contribution < 1.29 is 23.9 Å². The number of imide groups is 1. The van der Waals surface area contributed by atoms with E-state index in [0.29, 0.717) is 29.1 Å². The number of aryl methyl sites for hydroxylation is 2. The van der Waals surface area contributed by atoms with Crippen LogP contribution in [0.15, 0.2) is 77.5 Å². The van der Waals surface area contributed by atoms with Gasteiger partial charge in [-0.1, -0.05) is 37.1 Å². The van der Waals surface area contributed by atoms with Crippen molar-refractivity contribution in [1.82, 2.24) is 0 Å². The van der Waals surface area contributed by atoms with E-state index in [1.807, 2.05) is 39.0 Å². The molecule has 0 saturated heterocycles. The van der Waals surface area contributed by atoms with Gasteiger partial charge in [0.1, 0.15) is 10.7 Å². The molecule has 3 amide bonds. The molecule has 9 heteroatoms. The summed E-state index contributed by atoms with van der Waals surface area (Å²) in [6, 6.07) is 18.2. The molecule has 8 nitrogen and oxygen atoms in total. The monoisotopic (exact) mass is 545 g/mol. The Morgan fingerprint density at radius 1 is 0.872 bits per heavy atom. The zero-order valence-corrected chi connectivity index (χ0v) is 22.6. The highest BCUT2D eigenvalue weighted by atomic mass is 35.5. The lowest BCUT2D eigenvalue weighted by Crippen LogP contribution is -2.32. The van der Waals surface area contributed by atoms with Gasteiger partial charge in [-0.25, -0.2) is 9.69 Å². The molecule has 0 saturated carbocycles. The molecule has 3 aromatic carbocycles. The quantitative estimate of drug-likeness (QED) is 0.196. The molecule has 0 unspecified atom stereocenters. The fraction of sp³-hybridized carbons (Fsp3) is 0.200. The predicted molar refractivity (Wildman–Crippen MR) is 151 cm³/mol. The maximum absolute atomic E-state index is 13.2. The van der Waals surface area contributed by atoms with Crippen LogP contribution in [-0.2, 0) is 14.3 Å². The molecule has 3 aromatic rings. The first kappa shape index (κ1) is 27.6. The number of hydrogen-bond donors (Lipinski definition) is 2. The Morgan fingerprint density at radius 3 is 2.23 bits per heavy atom. The van der Waals surface area contributed by atoms with Gasteiger partial charge in [0.05, 0.1) is 17.9 Å². The SMILES string of the molecule is CCCCOC(=O)c1ccc(N2C(=O)C(Cl)=C(Nc3cccc(C(=O)Nc4cc(C)cc(C)c4)c3)C2=O)cc1. The van der Waals surface area contributed by atoms with Gasteiger partial charge in [0.2, 0.25) is 0 Å². The first-order valence-electron chi connectivity index (χ1n) is 12.5. The number of unbranched alkanes of at least 4 members (excludes halogenated alkanes) is 1. The number of halogens is 1. The van der Waals surface area contributed by atoms with Crippen LogP contribution in [0.5, 0.6) is 0 Å². The largest absolute Gasteiger partial charge is 0.462 e. The van der Waals surface area contributed by atoms with Crippen LogP contribution in [0.4, 0.5) is 17.1 Å². The number of nitrogens with one attached hydrogen (secondary N) is 2. The Morgan fingerprint density at radius 2 is 1.56 bits per heavy atom. The summed E-state index contributed by atoms with van der Waals surface area (Å²) >= 11 is 6.26. The van der Waals surface area contributed by atoms with E-state index >= 15 is 0 Å². The van der Waals surface area contributed by atoms with Crippen LogP contribution in [0.1, 0.15) is 51.6 Å². The third-order valence-corrected chi connectivity index (χ3v) is 6.34. The van der Waals surface area contributed by atoms with Gasteiger partial charge in [-0.05, 0) is 86.0 Å². The van der Waals surface area contributed by atoms with Crippen LogP contribution < -0.4 is 15.5 Å². The van der Waals surface area contributed by atoms with Crippen molar-refractivity contribution in [2.45, 2.75) is 33.6 Å². The van der Waals surface area contributed by atoms with E-state index in [2.05, 4.69) is 10.6 Å². The normalized spacial score (nSPS) is 13.1. The van der Waals surface area contributed by atoms with Crippen LogP contribution in [0.3, 0.4) is 0 Å². The van der Waals surface area contributed by atoms with Crippen LogP contribution in [0.25, 0.3) is 0 Å². The Balaban J connectivity index is 1.47. The van der Waals surface area contributed by atoms with Crippen molar-refractivity contribution in [3.63, 3.8) is 0 Å². The lowest BCUT2D eigenvalue weighted by atomic mass is 10.1. The minimum atomic E-state index is -0.703. The highest BCUT2D eigenvalue weighted by Gasteiger charge is 2.39. The third kappa shape index (κ3) is 6.35. The fourth-order valence-electron chi connectivity index (χ4n) is 4.12. The summed E-state index contributed by atoms with van der Waals surface area (Å²) in [4.78, 5) is 52.0. The zero-order chi connectivity index (χ0) is 28.1. The van der Waals surface area contributed by atoms with Crippen molar-refractivity contribution >= 4 is 52.4 Å². The average Bonchev–Trinajstić information content (AvgIpc) is 3.11. The molecular weight excluding hydrogens is 518 g/mol. The van der Waals surface area contributed by atoms with E-state index in [4.69, 9.17) is 16.3 Å². The van der Waals surface area contributed by atoms with Crippen molar-refractivity contribution in [3.8, 4) is 0 Å². The molecule has 4 rings (SSSR count). The summed E-state index contributed by atoms with van der Waals surface area (Å²) in [7, 11) is 0. The number of nitrogens with zero attached hydrogens (tertiary/aromatic N) is 1. The number of carbonyl (C=O) groups is 4. The second kappa shape index (κ2) is 12.0. The molecule has 0 spiro atoms. The van der Waals surface area contributed by atoms with Crippen LogP contribution >= 0.6 is 11.6 Å². The maximum atomic E-state index is 13.2. The number of esters is 1. The number of anilines is 3. The molecule has 0 aromatic heterocycles. The Hall–Kier alpha value is -4.43. The van der Waals surface area contributed by atoms with Crippen LogP contribution in [-0.4, -0.2) is 30.3 Å². The molecular formula is C30H28ClN3O5. The van der Waals surface area contributed by atoms with E-state index in [0.717, 1.165) is 28.9 Å². The molecule has 0 atom stereocenters. The second-order valence-electron chi connectivity index (χ2n) is 9.21. The highest BCUT2D eigenvalue weighted by molar-refractivity contribution is 6.53. The number of rotatable bonds is 9. The summed E-state index contributed by atoms with van der Waals surface area (Å²) in [6.45, 7) is 6.22. The zero-order valence-electron chi connectivity index (χ0n) is 21.8. The predicted octanol–water partition coefficient (Wildman–Crippen LogP) is 5.95. The van der Waals surface area contributed by atoms with Gasteiger partial charge in [-0.3, -0.25) is 14.4 Å². The van der Waals surface area contributed by atoms with Gasteiger partial charge in [-0.15, -0.1) is 0 Å².